The first kappa shape index (κ1) is 19.8. The maximum atomic E-state index is 6.32. The molecular weight excluding hydrogens is 453 g/mol. The molecule has 3 aromatic carbocycles. The fourth-order valence-electron chi connectivity index (χ4n) is 2.58. The lowest BCUT2D eigenvalue weighted by molar-refractivity contribution is 0.431. The summed E-state index contributed by atoms with van der Waals surface area (Å²) in [6.07, 6.45) is 0. The van der Waals surface area contributed by atoms with Crippen molar-refractivity contribution in [3.63, 3.8) is 0 Å². The Hall–Kier alpha value is -0.510. The van der Waals surface area contributed by atoms with Gasteiger partial charge in [0.15, 0.2) is 0 Å². The molecule has 138 valence electrons. The van der Waals surface area contributed by atoms with E-state index in [1.54, 1.807) is 0 Å². The fourth-order valence-corrected chi connectivity index (χ4v) is 18.3. The van der Waals surface area contributed by atoms with E-state index in [0.29, 0.717) is 0 Å². The summed E-state index contributed by atoms with van der Waals surface area (Å²) in [7, 11) is 0. The SMILES string of the molecule is S=P1(c2ccccc2)OP(=S)(c2ccccc2)OP(=S)(c2ccccc2)O1. The van der Waals surface area contributed by atoms with Gasteiger partial charge in [0, 0.05) is 15.9 Å². The summed E-state index contributed by atoms with van der Waals surface area (Å²) >= 11 is 17.8. The standard InChI is InChI=1S/C18H15O3P3S3/c25-22(16-10-4-1-5-11-16)19-23(26,17-12-6-2-7-13-17)21-24(27,20-22)18-14-8-3-9-15-18/h1-15H. The molecule has 9 heteroatoms. The smallest absolute Gasteiger partial charge is 0.231 e. The van der Waals surface area contributed by atoms with Crippen molar-refractivity contribution in [2.75, 3.05) is 0 Å². The topological polar surface area (TPSA) is 27.7 Å². The number of hydrogen-bond acceptors (Lipinski definition) is 6. The second-order valence-electron chi connectivity index (χ2n) is 5.74. The van der Waals surface area contributed by atoms with Gasteiger partial charge in [0.25, 0.3) is 0 Å². The van der Waals surface area contributed by atoms with E-state index in [4.69, 9.17) is 48.4 Å². The van der Waals surface area contributed by atoms with E-state index in [0.717, 1.165) is 15.9 Å². The van der Waals surface area contributed by atoms with Gasteiger partial charge < -0.3 is 0 Å². The van der Waals surface area contributed by atoms with Crippen LogP contribution in [0, 0.1) is 0 Å². The predicted octanol–water partition coefficient (Wildman–Crippen LogP) is 4.95. The van der Waals surface area contributed by atoms with Gasteiger partial charge in [-0.25, -0.2) is 0 Å². The molecule has 1 aliphatic heterocycles. The second-order valence-corrected chi connectivity index (χ2v) is 16.6. The van der Waals surface area contributed by atoms with Crippen molar-refractivity contribution in [1.82, 2.24) is 0 Å². The van der Waals surface area contributed by atoms with Crippen LogP contribution in [-0.4, -0.2) is 0 Å². The van der Waals surface area contributed by atoms with Crippen molar-refractivity contribution in [3.05, 3.63) is 91.0 Å². The quantitative estimate of drug-likeness (QED) is 0.505. The van der Waals surface area contributed by atoms with E-state index >= 15 is 0 Å². The first-order valence-corrected chi connectivity index (χ1v) is 16.0. The third-order valence-corrected chi connectivity index (χ3v) is 17.3. The van der Waals surface area contributed by atoms with Gasteiger partial charge in [-0.05, 0) is 71.8 Å². The van der Waals surface area contributed by atoms with Crippen LogP contribution < -0.4 is 15.9 Å². The minimum Gasteiger partial charge on any atom is -0.265 e. The van der Waals surface area contributed by atoms with Gasteiger partial charge in [-0.2, -0.15) is 0 Å². The molecule has 0 aliphatic carbocycles. The molecule has 0 atom stereocenters. The molecule has 0 N–H and O–H groups in total. The van der Waals surface area contributed by atoms with E-state index < -0.39 is 19.5 Å². The summed E-state index contributed by atoms with van der Waals surface area (Å²) < 4.78 is 19.0. The normalized spacial score (nSPS) is 30.7. The molecule has 3 nitrogen and oxygen atoms in total. The van der Waals surface area contributed by atoms with E-state index in [-0.39, 0.29) is 0 Å². The van der Waals surface area contributed by atoms with Crippen LogP contribution in [0.15, 0.2) is 91.0 Å². The largest absolute Gasteiger partial charge is 0.265 e. The Bertz CT molecular complexity index is 932. The number of benzene rings is 3. The summed E-state index contributed by atoms with van der Waals surface area (Å²) in [6, 6.07) is 28.6. The van der Waals surface area contributed by atoms with Crippen molar-refractivity contribution in [2.45, 2.75) is 0 Å². The highest BCUT2D eigenvalue weighted by atomic mass is 32.5. The minimum absolute atomic E-state index is 0.790. The van der Waals surface area contributed by atoms with Gasteiger partial charge >= 0.3 is 0 Å². The van der Waals surface area contributed by atoms with Crippen LogP contribution in [0.25, 0.3) is 0 Å². The zero-order valence-electron chi connectivity index (χ0n) is 14.0. The highest BCUT2D eigenvalue weighted by Crippen LogP contribution is 2.81. The van der Waals surface area contributed by atoms with Crippen LogP contribution >= 0.6 is 19.5 Å². The maximum Gasteiger partial charge on any atom is 0.231 e. The zero-order chi connectivity index (χ0) is 19.0. The van der Waals surface area contributed by atoms with Crippen LogP contribution in [0.5, 0.6) is 0 Å². The van der Waals surface area contributed by atoms with Gasteiger partial charge in [-0.3, -0.25) is 12.9 Å². The monoisotopic (exact) mass is 468 g/mol. The first-order valence-electron chi connectivity index (χ1n) is 8.05. The molecule has 1 fully saturated rings. The summed E-state index contributed by atoms with van der Waals surface area (Å²) in [6.45, 7) is -8.82. The molecule has 1 aliphatic rings. The molecule has 0 radical (unpaired) electrons. The van der Waals surface area contributed by atoms with Gasteiger partial charge in [0.1, 0.15) is 0 Å². The molecular formula is C18H15O3P3S3. The predicted molar refractivity (Wildman–Crippen MR) is 124 cm³/mol. The van der Waals surface area contributed by atoms with Crippen LogP contribution in [0.2, 0.25) is 0 Å². The van der Waals surface area contributed by atoms with Crippen LogP contribution in [0.4, 0.5) is 0 Å². The van der Waals surface area contributed by atoms with Gasteiger partial charge in [-0.15, -0.1) is 0 Å². The van der Waals surface area contributed by atoms with E-state index in [9.17, 15) is 0 Å². The molecule has 0 unspecified atom stereocenters. The number of hydrogen-bond donors (Lipinski definition) is 0. The van der Waals surface area contributed by atoms with Crippen molar-refractivity contribution in [3.8, 4) is 0 Å². The molecule has 0 amide bonds. The maximum absolute atomic E-state index is 6.32. The Morgan fingerprint density at radius 1 is 0.407 bits per heavy atom. The lowest BCUT2D eigenvalue weighted by Gasteiger charge is -2.41. The van der Waals surface area contributed by atoms with Crippen molar-refractivity contribution in [1.29, 1.82) is 0 Å². The Labute approximate surface area is 174 Å². The molecule has 0 bridgehead atoms. The van der Waals surface area contributed by atoms with E-state index in [1.807, 2.05) is 91.0 Å². The molecule has 3 aromatic rings. The first-order chi connectivity index (χ1) is 12.9. The molecule has 27 heavy (non-hydrogen) atoms. The Morgan fingerprint density at radius 3 is 0.852 bits per heavy atom. The average Bonchev–Trinajstić information content (AvgIpc) is 2.69. The lowest BCUT2D eigenvalue weighted by atomic mass is 10.4. The minimum atomic E-state index is -2.94. The third-order valence-electron chi connectivity index (χ3n) is 3.86. The van der Waals surface area contributed by atoms with E-state index in [2.05, 4.69) is 0 Å². The highest BCUT2D eigenvalue weighted by molar-refractivity contribution is 8.28. The molecule has 1 saturated heterocycles. The molecule has 0 spiro atoms. The van der Waals surface area contributed by atoms with Gasteiger partial charge in [0.05, 0.1) is 0 Å². The highest BCUT2D eigenvalue weighted by Gasteiger charge is 2.47. The zero-order valence-corrected chi connectivity index (χ0v) is 19.1. The average molecular weight is 468 g/mol. The molecule has 0 saturated carbocycles. The molecule has 4 rings (SSSR count). The van der Waals surface area contributed by atoms with Gasteiger partial charge in [0.2, 0.25) is 19.5 Å². The molecule has 1 heterocycles. The lowest BCUT2D eigenvalue weighted by Crippen LogP contribution is -2.22. The van der Waals surface area contributed by atoms with Gasteiger partial charge in [-0.1, -0.05) is 54.6 Å². The summed E-state index contributed by atoms with van der Waals surface area (Å²) in [5, 5.41) is 2.37. The second kappa shape index (κ2) is 7.72. The summed E-state index contributed by atoms with van der Waals surface area (Å²) in [5.41, 5.74) is 0. The van der Waals surface area contributed by atoms with Crippen molar-refractivity contribution >= 4 is 70.8 Å². The van der Waals surface area contributed by atoms with Crippen molar-refractivity contribution in [2.24, 2.45) is 0 Å². The Balaban J connectivity index is 1.90. The Kier molecular flexibility index (Phi) is 5.66. The number of rotatable bonds is 3. The Morgan fingerprint density at radius 2 is 0.630 bits per heavy atom. The third kappa shape index (κ3) is 3.97. The summed E-state index contributed by atoms with van der Waals surface area (Å²) in [4.78, 5) is 0. The van der Waals surface area contributed by atoms with Crippen molar-refractivity contribution < 1.29 is 12.9 Å². The van der Waals surface area contributed by atoms with Crippen LogP contribution in [-0.2, 0) is 48.4 Å². The summed E-state index contributed by atoms with van der Waals surface area (Å²) in [5.74, 6) is 0. The van der Waals surface area contributed by atoms with Crippen LogP contribution in [0.1, 0.15) is 0 Å². The van der Waals surface area contributed by atoms with E-state index in [1.165, 1.54) is 0 Å². The molecule has 0 aromatic heterocycles. The van der Waals surface area contributed by atoms with Crippen LogP contribution in [0.3, 0.4) is 0 Å². The fraction of sp³-hybridized carbons (Fsp3) is 0.